The number of nitrogens with one attached hydrogen (secondary N) is 1. The summed E-state index contributed by atoms with van der Waals surface area (Å²) in [5.74, 6) is 1.09. The van der Waals surface area contributed by atoms with Crippen LogP contribution in [0.15, 0.2) is 71.2 Å². The third-order valence-electron chi connectivity index (χ3n) is 4.71. The van der Waals surface area contributed by atoms with Gasteiger partial charge in [-0.15, -0.1) is 0 Å². The highest BCUT2D eigenvalue weighted by Crippen LogP contribution is 2.29. The van der Waals surface area contributed by atoms with Crippen molar-refractivity contribution < 1.29 is 14.3 Å². The minimum Gasteiger partial charge on any atom is -0.493 e. The van der Waals surface area contributed by atoms with Crippen molar-refractivity contribution in [2.45, 2.75) is 20.5 Å². The van der Waals surface area contributed by atoms with E-state index in [1.165, 1.54) is 11.6 Å². The Labute approximate surface area is 185 Å². The first-order chi connectivity index (χ1) is 14.5. The summed E-state index contributed by atoms with van der Waals surface area (Å²) in [5, 5.41) is 2.89. The van der Waals surface area contributed by atoms with E-state index in [2.05, 4.69) is 34.2 Å². The number of anilines is 1. The first-order valence-electron chi connectivity index (χ1n) is 9.57. The molecule has 0 fully saturated rings. The molecule has 30 heavy (non-hydrogen) atoms. The quantitative estimate of drug-likeness (QED) is 0.416. The second-order valence-corrected chi connectivity index (χ2v) is 7.82. The van der Waals surface area contributed by atoms with Gasteiger partial charge in [-0.1, -0.05) is 46.3 Å². The van der Waals surface area contributed by atoms with Gasteiger partial charge in [-0.2, -0.15) is 0 Å². The summed E-state index contributed by atoms with van der Waals surface area (Å²) < 4.78 is 12.4. The Morgan fingerprint density at radius 3 is 2.53 bits per heavy atom. The average molecular weight is 466 g/mol. The number of rotatable bonds is 7. The molecule has 0 heterocycles. The third-order valence-corrected chi connectivity index (χ3v) is 5.20. The molecule has 0 aliphatic carbocycles. The minimum absolute atomic E-state index is 0.195. The van der Waals surface area contributed by atoms with Crippen LogP contribution in [0.3, 0.4) is 0 Å². The maximum absolute atomic E-state index is 12.3. The summed E-state index contributed by atoms with van der Waals surface area (Å²) in [5.41, 5.74) is 4.93. The summed E-state index contributed by atoms with van der Waals surface area (Å²) in [6.07, 6.45) is 3.25. The highest BCUT2D eigenvalue weighted by molar-refractivity contribution is 9.10. The van der Waals surface area contributed by atoms with E-state index in [-0.39, 0.29) is 5.91 Å². The summed E-state index contributed by atoms with van der Waals surface area (Å²) >= 11 is 3.42. The minimum atomic E-state index is -0.195. The van der Waals surface area contributed by atoms with Crippen LogP contribution in [0, 0.1) is 13.8 Å². The summed E-state index contributed by atoms with van der Waals surface area (Å²) in [7, 11) is 1.60. The Morgan fingerprint density at radius 1 is 1.00 bits per heavy atom. The average Bonchev–Trinajstić information content (AvgIpc) is 2.74. The van der Waals surface area contributed by atoms with Gasteiger partial charge in [-0.05, 0) is 72.5 Å². The summed E-state index contributed by atoms with van der Waals surface area (Å²) in [4.78, 5) is 12.3. The smallest absolute Gasteiger partial charge is 0.248 e. The van der Waals surface area contributed by atoms with E-state index >= 15 is 0 Å². The molecule has 1 N–H and O–H groups in total. The van der Waals surface area contributed by atoms with Crippen LogP contribution in [0.4, 0.5) is 5.69 Å². The van der Waals surface area contributed by atoms with Crippen LogP contribution in [0.25, 0.3) is 6.08 Å². The molecule has 1 amide bonds. The van der Waals surface area contributed by atoms with E-state index in [1.807, 2.05) is 61.5 Å². The van der Waals surface area contributed by atoms with Gasteiger partial charge in [0.15, 0.2) is 11.5 Å². The number of carbonyl (C=O) groups excluding carboxylic acids is 1. The van der Waals surface area contributed by atoms with E-state index in [1.54, 1.807) is 13.2 Å². The zero-order valence-corrected chi connectivity index (χ0v) is 18.8. The SMILES string of the molecule is COc1cc(/C=C/C(=O)Nc2ccc(Br)cc2C)ccc1OCc1ccccc1C. The summed E-state index contributed by atoms with van der Waals surface area (Å²) in [6.45, 7) is 4.47. The molecule has 0 bridgehead atoms. The van der Waals surface area contributed by atoms with Crippen molar-refractivity contribution in [2.75, 3.05) is 12.4 Å². The Bertz CT molecular complexity index is 1080. The van der Waals surface area contributed by atoms with E-state index in [0.717, 1.165) is 26.9 Å². The van der Waals surface area contributed by atoms with Gasteiger partial charge in [-0.25, -0.2) is 0 Å². The zero-order valence-electron chi connectivity index (χ0n) is 17.2. The maximum Gasteiger partial charge on any atom is 0.248 e. The standard InChI is InChI=1S/C25H24BrNO3/c1-17-6-4-5-7-20(17)16-30-23-12-8-19(15-24(23)29-3)9-13-25(28)27-22-11-10-21(26)14-18(22)2/h4-15H,16H2,1-3H3,(H,27,28)/b13-9+. The lowest BCUT2D eigenvalue weighted by Gasteiger charge is -2.12. The fourth-order valence-electron chi connectivity index (χ4n) is 2.95. The highest BCUT2D eigenvalue weighted by Gasteiger charge is 2.07. The van der Waals surface area contributed by atoms with Crippen molar-refractivity contribution in [3.63, 3.8) is 0 Å². The number of halogens is 1. The van der Waals surface area contributed by atoms with Gasteiger partial charge in [-0.3, -0.25) is 4.79 Å². The predicted octanol–water partition coefficient (Wildman–Crippen LogP) is 6.31. The highest BCUT2D eigenvalue weighted by atomic mass is 79.9. The van der Waals surface area contributed by atoms with Gasteiger partial charge >= 0.3 is 0 Å². The molecule has 3 aromatic rings. The molecule has 0 aliphatic heterocycles. The fourth-order valence-corrected chi connectivity index (χ4v) is 3.42. The van der Waals surface area contributed by atoms with Crippen molar-refractivity contribution >= 4 is 33.6 Å². The molecular formula is C25H24BrNO3. The third kappa shape index (κ3) is 5.74. The molecule has 3 aromatic carbocycles. The molecule has 0 aromatic heterocycles. The largest absolute Gasteiger partial charge is 0.493 e. The Hall–Kier alpha value is -3.05. The predicted molar refractivity (Wildman–Crippen MR) is 125 cm³/mol. The van der Waals surface area contributed by atoms with Crippen molar-refractivity contribution in [1.29, 1.82) is 0 Å². The first-order valence-corrected chi connectivity index (χ1v) is 10.4. The topological polar surface area (TPSA) is 47.6 Å². The van der Waals surface area contributed by atoms with Gasteiger partial charge in [0.2, 0.25) is 5.91 Å². The van der Waals surface area contributed by atoms with E-state index in [0.29, 0.717) is 18.1 Å². The number of carbonyl (C=O) groups is 1. The molecule has 0 radical (unpaired) electrons. The van der Waals surface area contributed by atoms with Crippen LogP contribution in [0.5, 0.6) is 11.5 Å². The molecule has 0 aliphatic rings. The zero-order chi connectivity index (χ0) is 21.5. The van der Waals surface area contributed by atoms with Gasteiger partial charge in [0.05, 0.1) is 7.11 Å². The molecular weight excluding hydrogens is 442 g/mol. The Kier molecular flexibility index (Phi) is 7.31. The van der Waals surface area contributed by atoms with Crippen LogP contribution in [0.1, 0.15) is 22.3 Å². The van der Waals surface area contributed by atoms with E-state index < -0.39 is 0 Å². The normalized spacial score (nSPS) is 10.8. The van der Waals surface area contributed by atoms with Crippen LogP contribution in [0.2, 0.25) is 0 Å². The molecule has 4 nitrogen and oxygen atoms in total. The lowest BCUT2D eigenvalue weighted by molar-refractivity contribution is -0.111. The molecule has 0 spiro atoms. The Balaban J connectivity index is 1.66. The second-order valence-electron chi connectivity index (χ2n) is 6.91. The monoisotopic (exact) mass is 465 g/mol. The molecule has 0 saturated heterocycles. The second kappa shape index (κ2) is 10.1. The first kappa shape index (κ1) is 21.7. The van der Waals surface area contributed by atoms with Crippen molar-refractivity contribution in [3.8, 4) is 11.5 Å². The van der Waals surface area contributed by atoms with E-state index in [4.69, 9.17) is 9.47 Å². The van der Waals surface area contributed by atoms with Crippen LogP contribution in [-0.4, -0.2) is 13.0 Å². The van der Waals surface area contributed by atoms with Crippen molar-refractivity contribution in [1.82, 2.24) is 0 Å². The molecule has 0 saturated carbocycles. The molecule has 0 unspecified atom stereocenters. The Morgan fingerprint density at radius 2 is 1.80 bits per heavy atom. The van der Waals surface area contributed by atoms with Crippen molar-refractivity contribution in [2.24, 2.45) is 0 Å². The van der Waals surface area contributed by atoms with Gasteiger partial charge in [0, 0.05) is 16.2 Å². The van der Waals surface area contributed by atoms with Crippen molar-refractivity contribution in [3.05, 3.63) is 93.5 Å². The number of amides is 1. The maximum atomic E-state index is 12.3. The number of methoxy groups -OCH3 is 1. The van der Waals surface area contributed by atoms with Crippen LogP contribution in [-0.2, 0) is 11.4 Å². The molecule has 5 heteroatoms. The molecule has 3 rings (SSSR count). The fraction of sp³-hybridized carbons (Fsp3) is 0.160. The lowest BCUT2D eigenvalue weighted by Crippen LogP contribution is -2.08. The molecule has 0 atom stereocenters. The number of hydrogen-bond acceptors (Lipinski definition) is 3. The van der Waals surface area contributed by atoms with Gasteiger partial charge in [0.25, 0.3) is 0 Å². The number of ether oxygens (including phenoxy) is 2. The number of benzene rings is 3. The number of aryl methyl sites for hydroxylation is 2. The summed E-state index contributed by atoms with van der Waals surface area (Å²) in [6, 6.07) is 19.4. The lowest BCUT2D eigenvalue weighted by atomic mass is 10.1. The van der Waals surface area contributed by atoms with Crippen LogP contribution >= 0.6 is 15.9 Å². The van der Waals surface area contributed by atoms with Crippen LogP contribution < -0.4 is 14.8 Å². The van der Waals surface area contributed by atoms with E-state index in [9.17, 15) is 4.79 Å². The number of hydrogen-bond donors (Lipinski definition) is 1. The van der Waals surface area contributed by atoms with Gasteiger partial charge in [0.1, 0.15) is 6.61 Å². The molecule has 154 valence electrons. The van der Waals surface area contributed by atoms with Gasteiger partial charge < -0.3 is 14.8 Å².